The smallest absolute Gasteiger partial charge is 0.379 e. The molecule has 0 bridgehead atoms. The zero-order valence-electron chi connectivity index (χ0n) is 11.9. The number of rotatable bonds is 2. The normalized spacial score (nSPS) is 16.1. The number of carbonyl (C=O) groups is 2. The van der Waals surface area contributed by atoms with Gasteiger partial charge in [0.1, 0.15) is 0 Å². The summed E-state index contributed by atoms with van der Waals surface area (Å²) < 4.78 is 6.62. The molecule has 0 N–H and O–H groups in total. The largest absolute Gasteiger partial charge is 0.463 e. The van der Waals surface area contributed by atoms with Gasteiger partial charge in [0, 0.05) is 18.1 Å². The van der Waals surface area contributed by atoms with Crippen LogP contribution in [0.5, 0.6) is 0 Å². The Morgan fingerprint density at radius 3 is 2.75 bits per heavy atom. The zero-order valence-corrected chi connectivity index (χ0v) is 11.9. The van der Waals surface area contributed by atoms with Crippen molar-refractivity contribution in [2.75, 3.05) is 7.11 Å². The second-order valence-corrected chi connectivity index (χ2v) is 5.89. The second-order valence-electron chi connectivity index (χ2n) is 5.89. The molecule has 1 aromatic heterocycles. The maximum atomic E-state index is 12.1. The summed E-state index contributed by atoms with van der Waals surface area (Å²) >= 11 is 0. The van der Waals surface area contributed by atoms with Crippen molar-refractivity contribution in [3.63, 3.8) is 0 Å². The van der Waals surface area contributed by atoms with Gasteiger partial charge in [-0.1, -0.05) is 32.0 Å². The fraction of sp³-hybridized carbons (Fsp3) is 0.375. The maximum Gasteiger partial charge on any atom is 0.379 e. The number of para-hydroxylation sites is 1. The minimum Gasteiger partial charge on any atom is -0.463 e. The number of carbonyl (C=O) groups excluding carboxylic acids is 2. The first-order valence-electron chi connectivity index (χ1n) is 6.70. The fourth-order valence-electron chi connectivity index (χ4n) is 3.00. The number of nitrogens with zero attached hydrogens (tertiary/aromatic N) is 1. The molecule has 0 spiro atoms. The number of ether oxygens (including phenoxy) is 1. The highest BCUT2D eigenvalue weighted by Gasteiger charge is 2.31. The summed E-state index contributed by atoms with van der Waals surface area (Å²) in [5, 5.41) is 0.839. The Kier molecular flexibility index (Phi) is 2.71. The van der Waals surface area contributed by atoms with Crippen molar-refractivity contribution >= 4 is 22.7 Å². The molecule has 2 aromatic rings. The van der Waals surface area contributed by atoms with Crippen molar-refractivity contribution in [2.24, 2.45) is 0 Å². The van der Waals surface area contributed by atoms with Crippen LogP contribution >= 0.6 is 0 Å². The molecule has 20 heavy (non-hydrogen) atoms. The Hall–Kier alpha value is -2.10. The number of ketones is 1. The second kappa shape index (κ2) is 4.20. The molecule has 4 heteroatoms. The topological polar surface area (TPSA) is 48.3 Å². The summed E-state index contributed by atoms with van der Waals surface area (Å²) in [5.74, 6) is -1.39. The molecule has 104 valence electrons. The molecule has 0 aliphatic carbocycles. The summed E-state index contributed by atoms with van der Waals surface area (Å²) in [6.45, 7) is 5.27. The third-order valence-corrected chi connectivity index (χ3v) is 4.22. The average molecular weight is 271 g/mol. The summed E-state index contributed by atoms with van der Waals surface area (Å²) in [6, 6.07) is 5.94. The lowest BCUT2D eigenvalue weighted by molar-refractivity contribution is -0.135. The van der Waals surface area contributed by atoms with E-state index in [1.165, 1.54) is 12.7 Å². The molecule has 0 fully saturated rings. The number of hydrogen-bond donors (Lipinski definition) is 0. The van der Waals surface area contributed by atoms with Gasteiger partial charge in [0.05, 0.1) is 18.2 Å². The molecule has 0 radical (unpaired) electrons. The quantitative estimate of drug-likeness (QED) is 0.479. The van der Waals surface area contributed by atoms with Gasteiger partial charge in [-0.15, -0.1) is 0 Å². The molecule has 1 aromatic carbocycles. The molecule has 0 saturated heterocycles. The van der Waals surface area contributed by atoms with E-state index in [0.29, 0.717) is 5.56 Å². The Labute approximate surface area is 117 Å². The van der Waals surface area contributed by atoms with Gasteiger partial charge in [0.15, 0.2) is 0 Å². The van der Waals surface area contributed by atoms with Crippen LogP contribution in [0.15, 0.2) is 24.4 Å². The van der Waals surface area contributed by atoms with E-state index >= 15 is 0 Å². The number of hydrogen-bond acceptors (Lipinski definition) is 3. The van der Waals surface area contributed by atoms with Crippen LogP contribution in [0.1, 0.15) is 36.2 Å². The van der Waals surface area contributed by atoms with E-state index in [1.807, 2.05) is 12.1 Å². The van der Waals surface area contributed by atoms with Gasteiger partial charge in [-0.2, -0.15) is 0 Å². The van der Waals surface area contributed by atoms with Crippen LogP contribution in [0.4, 0.5) is 0 Å². The van der Waals surface area contributed by atoms with Gasteiger partial charge in [0.25, 0.3) is 5.78 Å². The van der Waals surface area contributed by atoms with Crippen molar-refractivity contribution in [1.29, 1.82) is 0 Å². The lowest BCUT2D eigenvalue weighted by Gasteiger charge is -2.31. The molecule has 3 rings (SSSR count). The third-order valence-electron chi connectivity index (χ3n) is 4.22. The summed E-state index contributed by atoms with van der Waals surface area (Å²) in [7, 11) is 1.23. The highest BCUT2D eigenvalue weighted by atomic mass is 16.5. The van der Waals surface area contributed by atoms with E-state index in [2.05, 4.69) is 29.2 Å². The minimum absolute atomic E-state index is 0.0828. The fourth-order valence-corrected chi connectivity index (χ4v) is 3.00. The molecule has 1 aliphatic heterocycles. The monoisotopic (exact) mass is 271 g/mol. The van der Waals surface area contributed by atoms with E-state index in [-0.39, 0.29) is 5.41 Å². The van der Waals surface area contributed by atoms with E-state index in [9.17, 15) is 9.59 Å². The molecule has 0 saturated carbocycles. The van der Waals surface area contributed by atoms with Crippen LogP contribution in [0.2, 0.25) is 0 Å². The number of esters is 1. The first-order chi connectivity index (χ1) is 9.45. The van der Waals surface area contributed by atoms with Crippen LogP contribution in [-0.2, 0) is 21.5 Å². The molecular weight excluding hydrogens is 254 g/mol. The molecule has 0 atom stereocenters. The van der Waals surface area contributed by atoms with Crippen molar-refractivity contribution < 1.29 is 14.3 Å². The van der Waals surface area contributed by atoms with Gasteiger partial charge >= 0.3 is 5.97 Å². The number of benzene rings is 1. The van der Waals surface area contributed by atoms with Crippen molar-refractivity contribution in [3.05, 3.63) is 35.5 Å². The van der Waals surface area contributed by atoms with E-state index in [0.717, 1.165) is 23.9 Å². The number of methoxy groups -OCH3 is 1. The average Bonchev–Trinajstić information content (AvgIpc) is 2.81. The SMILES string of the molecule is COC(=O)C(=O)c1cn2c3c(cccc13)C(C)(C)CC2. The van der Waals surface area contributed by atoms with Crippen LogP contribution < -0.4 is 0 Å². The predicted molar refractivity (Wildman–Crippen MR) is 75.9 cm³/mol. The Bertz CT molecular complexity index is 725. The minimum atomic E-state index is -0.812. The van der Waals surface area contributed by atoms with Gasteiger partial charge < -0.3 is 9.30 Å². The predicted octanol–water partition coefficient (Wildman–Crippen LogP) is 2.68. The summed E-state index contributed by atoms with van der Waals surface area (Å²) in [4.78, 5) is 23.6. The Morgan fingerprint density at radius 2 is 2.05 bits per heavy atom. The van der Waals surface area contributed by atoms with E-state index in [4.69, 9.17) is 0 Å². The van der Waals surface area contributed by atoms with Gasteiger partial charge in [0.2, 0.25) is 0 Å². The molecular formula is C16H17NO3. The highest BCUT2D eigenvalue weighted by molar-refractivity contribution is 6.43. The van der Waals surface area contributed by atoms with Gasteiger partial charge in [-0.25, -0.2) is 4.79 Å². The lowest BCUT2D eigenvalue weighted by atomic mass is 9.78. The molecule has 2 heterocycles. The van der Waals surface area contributed by atoms with Crippen LogP contribution in [0, 0.1) is 0 Å². The summed E-state index contributed by atoms with van der Waals surface area (Å²) in [6.07, 6.45) is 2.79. The standard InChI is InChI=1S/C16H17NO3/c1-16(2)7-8-17-9-11(14(18)15(19)20-3)10-5-4-6-12(16)13(10)17/h4-6,9H,7-8H2,1-3H3. The van der Waals surface area contributed by atoms with Crippen molar-refractivity contribution in [1.82, 2.24) is 4.57 Å². The van der Waals surface area contributed by atoms with Gasteiger partial charge in [-0.05, 0) is 17.4 Å². The third kappa shape index (κ3) is 1.68. The molecule has 0 amide bonds. The Balaban J connectivity index is 2.28. The van der Waals surface area contributed by atoms with E-state index in [1.54, 1.807) is 6.20 Å². The first kappa shape index (κ1) is 12.9. The molecule has 4 nitrogen and oxygen atoms in total. The molecule has 0 unspecified atom stereocenters. The van der Waals surface area contributed by atoms with Crippen molar-refractivity contribution in [2.45, 2.75) is 32.2 Å². The number of aromatic nitrogens is 1. The van der Waals surface area contributed by atoms with Gasteiger partial charge in [-0.3, -0.25) is 4.79 Å². The Morgan fingerprint density at radius 1 is 1.30 bits per heavy atom. The summed E-state index contributed by atoms with van der Waals surface area (Å²) in [5.41, 5.74) is 2.81. The zero-order chi connectivity index (χ0) is 14.5. The van der Waals surface area contributed by atoms with E-state index < -0.39 is 11.8 Å². The first-order valence-corrected chi connectivity index (χ1v) is 6.70. The van der Waals surface area contributed by atoms with Crippen LogP contribution in [0.25, 0.3) is 10.9 Å². The number of Topliss-reactive ketones (excluding diaryl/α,β-unsaturated/α-hetero) is 1. The van der Waals surface area contributed by atoms with Crippen LogP contribution in [0.3, 0.4) is 0 Å². The number of aryl methyl sites for hydroxylation is 1. The van der Waals surface area contributed by atoms with Crippen molar-refractivity contribution in [3.8, 4) is 0 Å². The lowest BCUT2D eigenvalue weighted by Crippen LogP contribution is -2.25. The van der Waals surface area contributed by atoms with Crippen LogP contribution in [-0.4, -0.2) is 23.4 Å². The maximum absolute atomic E-state index is 12.1. The highest BCUT2D eigenvalue weighted by Crippen LogP contribution is 2.39. The molecule has 1 aliphatic rings.